The van der Waals surface area contributed by atoms with Crippen LogP contribution in [0.25, 0.3) is 0 Å². The van der Waals surface area contributed by atoms with E-state index in [1.807, 2.05) is 31.2 Å². The highest BCUT2D eigenvalue weighted by Crippen LogP contribution is 2.19. The highest BCUT2D eigenvalue weighted by atomic mass is 35.5. The van der Waals surface area contributed by atoms with Crippen LogP contribution < -0.4 is 9.47 Å². The van der Waals surface area contributed by atoms with Gasteiger partial charge in [-0.1, -0.05) is 17.7 Å². The van der Waals surface area contributed by atoms with Crippen LogP contribution in [0.1, 0.15) is 22.8 Å². The number of halogens is 1. The Morgan fingerprint density at radius 3 is 2.37 bits per heavy atom. The van der Waals surface area contributed by atoms with Gasteiger partial charge < -0.3 is 9.47 Å². The van der Waals surface area contributed by atoms with Crippen LogP contribution in [0.15, 0.2) is 77.8 Å². The number of esters is 1. The largest absolute Gasteiger partial charge is 0.494 e. The van der Waals surface area contributed by atoms with Crippen LogP contribution >= 0.6 is 11.6 Å². The van der Waals surface area contributed by atoms with Crippen LogP contribution in [0, 0.1) is 0 Å². The molecular weight excluding hydrogens is 362 g/mol. The topological polar surface area (TPSA) is 47.9 Å². The van der Waals surface area contributed by atoms with Gasteiger partial charge in [0.25, 0.3) is 0 Å². The summed E-state index contributed by atoms with van der Waals surface area (Å²) >= 11 is 5.94. The Kier molecular flexibility index (Phi) is 6.23. The predicted octanol–water partition coefficient (Wildman–Crippen LogP) is 5.71. The lowest BCUT2D eigenvalue weighted by Gasteiger charge is -2.06. The molecule has 136 valence electrons. The van der Waals surface area contributed by atoms with Crippen molar-refractivity contribution in [3.05, 3.63) is 88.9 Å². The molecule has 0 aromatic heterocycles. The standard InChI is InChI=1S/C22H18ClNO3/c1-2-26-20-12-8-17(9-13-20)22(25)27-21-10-6-16(7-11-21)15-24-19-5-3-4-18(23)14-19/h3-15H,2H2,1H3. The van der Waals surface area contributed by atoms with E-state index in [-0.39, 0.29) is 0 Å². The maximum Gasteiger partial charge on any atom is 0.343 e. The summed E-state index contributed by atoms with van der Waals surface area (Å²) in [6.07, 6.45) is 1.73. The molecule has 0 aliphatic heterocycles. The van der Waals surface area contributed by atoms with Gasteiger partial charge >= 0.3 is 5.97 Å². The first-order valence-corrected chi connectivity index (χ1v) is 8.86. The van der Waals surface area contributed by atoms with E-state index in [2.05, 4.69) is 4.99 Å². The highest BCUT2D eigenvalue weighted by molar-refractivity contribution is 6.30. The molecule has 0 spiro atoms. The second-order valence-electron chi connectivity index (χ2n) is 5.65. The summed E-state index contributed by atoms with van der Waals surface area (Å²) in [5, 5.41) is 0.640. The molecule has 0 bridgehead atoms. The summed E-state index contributed by atoms with van der Waals surface area (Å²) in [6.45, 7) is 2.49. The first-order chi connectivity index (χ1) is 13.1. The minimum atomic E-state index is -0.418. The zero-order valence-electron chi connectivity index (χ0n) is 14.8. The van der Waals surface area contributed by atoms with E-state index in [1.54, 1.807) is 54.7 Å². The first-order valence-electron chi connectivity index (χ1n) is 8.49. The van der Waals surface area contributed by atoms with Crippen LogP contribution in [0.5, 0.6) is 11.5 Å². The Labute approximate surface area is 163 Å². The van der Waals surface area contributed by atoms with Gasteiger partial charge in [0.1, 0.15) is 11.5 Å². The monoisotopic (exact) mass is 379 g/mol. The quantitative estimate of drug-likeness (QED) is 0.313. The van der Waals surface area contributed by atoms with Crippen molar-refractivity contribution in [1.29, 1.82) is 0 Å². The lowest BCUT2D eigenvalue weighted by molar-refractivity contribution is 0.0734. The van der Waals surface area contributed by atoms with E-state index in [4.69, 9.17) is 21.1 Å². The molecule has 0 saturated carbocycles. The zero-order chi connectivity index (χ0) is 19.1. The molecule has 3 aromatic carbocycles. The summed E-state index contributed by atoms with van der Waals surface area (Å²) in [5.74, 6) is 0.768. The second kappa shape index (κ2) is 9.01. The fourth-order valence-electron chi connectivity index (χ4n) is 2.35. The van der Waals surface area contributed by atoms with Crippen LogP contribution in [0.2, 0.25) is 5.02 Å². The Hall–Kier alpha value is -3.11. The number of carbonyl (C=O) groups excluding carboxylic acids is 1. The van der Waals surface area contributed by atoms with Crippen molar-refractivity contribution in [2.45, 2.75) is 6.92 Å². The smallest absolute Gasteiger partial charge is 0.343 e. The first kappa shape index (κ1) is 18.7. The SMILES string of the molecule is CCOc1ccc(C(=O)Oc2ccc(C=Nc3cccc(Cl)c3)cc2)cc1. The Morgan fingerprint density at radius 1 is 1.00 bits per heavy atom. The molecular formula is C22H18ClNO3. The summed E-state index contributed by atoms with van der Waals surface area (Å²) in [5.41, 5.74) is 2.12. The van der Waals surface area contributed by atoms with Crippen molar-refractivity contribution in [3.63, 3.8) is 0 Å². The third-order valence-electron chi connectivity index (χ3n) is 3.66. The molecule has 0 saturated heterocycles. The van der Waals surface area contributed by atoms with Crippen LogP contribution in [-0.2, 0) is 0 Å². The molecule has 0 radical (unpaired) electrons. The molecule has 0 N–H and O–H groups in total. The van der Waals surface area contributed by atoms with E-state index in [1.165, 1.54) is 0 Å². The minimum Gasteiger partial charge on any atom is -0.494 e. The number of benzene rings is 3. The predicted molar refractivity (Wildman–Crippen MR) is 108 cm³/mol. The average molecular weight is 380 g/mol. The zero-order valence-corrected chi connectivity index (χ0v) is 15.5. The third-order valence-corrected chi connectivity index (χ3v) is 3.90. The number of ether oxygens (including phenoxy) is 2. The minimum absolute atomic E-state index is 0.418. The Bertz CT molecular complexity index is 935. The van der Waals surface area contributed by atoms with Crippen molar-refractivity contribution in [2.75, 3.05) is 6.61 Å². The molecule has 0 fully saturated rings. The van der Waals surface area contributed by atoms with Crippen LogP contribution in [0.3, 0.4) is 0 Å². The fourth-order valence-corrected chi connectivity index (χ4v) is 2.53. The van der Waals surface area contributed by atoms with Gasteiger partial charge in [0, 0.05) is 11.2 Å². The molecule has 0 atom stereocenters. The second-order valence-corrected chi connectivity index (χ2v) is 6.09. The highest BCUT2D eigenvalue weighted by Gasteiger charge is 2.08. The van der Waals surface area contributed by atoms with Crippen molar-refractivity contribution in [2.24, 2.45) is 4.99 Å². The maximum absolute atomic E-state index is 12.2. The number of rotatable bonds is 6. The number of nitrogens with zero attached hydrogens (tertiary/aromatic N) is 1. The van der Waals surface area contributed by atoms with E-state index in [9.17, 15) is 4.79 Å². The van der Waals surface area contributed by atoms with Crippen LogP contribution in [0.4, 0.5) is 5.69 Å². The van der Waals surface area contributed by atoms with Crippen LogP contribution in [-0.4, -0.2) is 18.8 Å². The Morgan fingerprint density at radius 2 is 1.70 bits per heavy atom. The number of hydrogen-bond acceptors (Lipinski definition) is 4. The molecule has 5 heteroatoms. The van der Waals surface area contributed by atoms with E-state index >= 15 is 0 Å². The van der Waals surface area contributed by atoms with Crippen molar-refractivity contribution < 1.29 is 14.3 Å². The maximum atomic E-state index is 12.2. The van der Waals surface area contributed by atoms with Gasteiger partial charge in [0.2, 0.25) is 0 Å². The molecule has 0 amide bonds. The summed E-state index contributed by atoms with van der Waals surface area (Å²) in [4.78, 5) is 16.6. The molecule has 4 nitrogen and oxygen atoms in total. The van der Waals surface area contributed by atoms with Gasteiger partial charge in [-0.3, -0.25) is 4.99 Å². The number of carbonyl (C=O) groups is 1. The van der Waals surface area contributed by atoms with Gasteiger partial charge in [0.05, 0.1) is 17.9 Å². The van der Waals surface area contributed by atoms with Crippen molar-refractivity contribution >= 4 is 29.5 Å². The normalized spacial score (nSPS) is 10.7. The molecule has 0 aliphatic carbocycles. The number of aliphatic imine (C=N–C) groups is 1. The lowest BCUT2D eigenvalue weighted by Crippen LogP contribution is -2.08. The van der Waals surface area contributed by atoms with Gasteiger partial charge in [-0.25, -0.2) is 4.79 Å². The number of hydrogen-bond donors (Lipinski definition) is 0. The molecule has 0 aliphatic rings. The molecule has 0 unspecified atom stereocenters. The van der Waals surface area contributed by atoms with E-state index in [0.717, 1.165) is 17.0 Å². The third kappa shape index (κ3) is 5.43. The van der Waals surface area contributed by atoms with Crippen molar-refractivity contribution in [3.8, 4) is 11.5 Å². The molecule has 27 heavy (non-hydrogen) atoms. The van der Waals surface area contributed by atoms with Gasteiger partial charge in [-0.15, -0.1) is 0 Å². The Balaban J connectivity index is 1.62. The summed E-state index contributed by atoms with van der Waals surface area (Å²) in [7, 11) is 0. The summed E-state index contributed by atoms with van der Waals surface area (Å²) in [6, 6.07) is 21.3. The van der Waals surface area contributed by atoms with E-state index < -0.39 is 5.97 Å². The fraction of sp³-hybridized carbons (Fsp3) is 0.0909. The molecule has 0 heterocycles. The van der Waals surface area contributed by atoms with Gasteiger partial charge in [0.15, 0.2) is 0 Å². The molecule has 3 aromatic rings. The van der Waals surface area contributed by atoms with Gasteiger partial charge in [-0.2, -0.15) is 0 Å². The molecule has 3 rings (SSSR count). The van der Waals surface area contributed by atoms with Crippen molar-refractivity contribution in [1.82, 2.24) is 0 Å². The summed E-state index contributed by atoms with van der Waals surface area (Å²) < 4.78 is 10.8. The van der Waals surface area contributed by atoms with Gasteiger partial charge in [-0.05, 0) is 79.2 Å². The lowest BCUT2D eigenvalue weighted by atomic mass is 10.2. The average Bonchev–Trinajstić information content (AvgIpc) is 2.68. The van der Waals surface area contributed by atoms with E-state index in [0.29, 0.717) is 22.9 Å².